The van der Waals surface area contributed by atoms with Gasteiger partial charge in [-0.2, -0.15) is 0 Å². The quantitative estimate of drug-likeness (QED) is 0.352. The third kappa shape index (κ3) is 22.3. The molecule has 0 aliphatic carbocycles. The molecule has 0 aliphatic heterocycles. The van der Waals surface area contributed by atoms with Crippen molar-refractivity contribution in [2.45, 2.75) is 32.3 Å². The zero-order chi connectivity index (χ0) is 15.1. The summed E-state index contributed by atoms with van der Waals surface area (Å²) in [6.45, 7) is 2.78. The van der Waals surface area contributed by atoms with Crippen molar-refractivity contribution in [2.24, 2.45) is 0 Å². The number of unbranched alkanes of at least 4 members (excludes halogenated alkanes) is 1. The van der Waals surface area contributed by atoms with Crippen molar-refractivity contribution in [1.82, 2.24) is 0 Å². The molecule has 0 aliphatic rings. The molecule has 0 amide bonds. The van der Waals surface area contributed by atoms with Crippen LogP contribution in [0, 0.1) is 0 Å². The van der Waals surface area contributed by atoms with Crippen LogP contribution in [-0.2, 0) is 14.3 Å². The van der Waals surface area contributed by atoms with E-state index in [-0.39, 0.29) is 12.7 Å². The van der Waals surface area contributed by atoms with Gasteiger partial charge in [-0.1, -0.05) is 19.8 Å². The molecule has 112 valence electrons. The van der Waals surface area contributed by atoms with E-state index in [4.69, 9.17) is 20.1 Å². The van der Waals surface area contributed by atoms with Gasteiger partial charge in [-0.05, 0) is 6.42 Å². The average molecular weight is 278 g/mol. The van der Waals surface area contributed by atoms with Gasteiger partial charge in [0.05, 0.1) is 25.9 Å². The van der Waals surface area contributed by atoms with Crippen LogP contribution in [0.15, 0.2) is 12.2 Å². The number of hydrogen-bond acceptors (Lipinski definition) is 5. The first-order valence-electron chi connectivity index (χ1n) is 5.94. The maximum Gasteiger partial charge on any atom is 0.328 e. The Hall–Kier alpha value is -1.44. The van der Waals surface area contributed by atoms with E-state index in [1.54, 1.807) is 0 Å². The smallest absolute Gasteiger partial charge is 0.328 e. The molecular formula is C12H22O7. The van der Waals surface area contributed by atoms with Crippen LogP contribution in [0.2, 0.25) is 0 Å². The first-order chi connectivity index (χ1) is 8.93. The van der Waals surface area contributed by atoms with E-state index in [0.29, 0.717) is 25.4 Å². The lowest BCUT2D eigenvalue weighted by molar-refractivity contribution is -0.134. The van der Waals surface area contributed by atoms with Gasteiger partial charge >= 0.3 is 11.9 Å². The molecule has 7 heteroatoms. The molecule has 1 unspecified atom stereocenters. The average Bonchev–Trinajstić information content (AvgIpc) is 2.35. The Morgan fingerprint density at radius 2 is 1.74 bits per heavy atom. The second-order valence-electron chi connectivity index (χ2n) is 3.60. The molecule has 0 aromatic rings. The van der Waals surface area contributed by atoms with Crippen LogP contribution in [0.5, 0.6) is 0 Å². The molecule has 0 radical (unpaired) electrons. The molecule has 0 aromatic carbocycles. The normalized spacial score (nSPS) is 11.7. The molecule has 0 fully saturated rings. The molecule has 0 spiro atoms. The Labute approximate surface area is 112 Å². The number of carbonyl (C=O) groups is 2. The highest BCUT2D eigenvalue weighted by atomic mass is 16.5. The standard InChI is InChI=1S/C8H18O3.C4H4O4/c1-2-3-4-8(10)7-11-6-5-9;5-3(6)1-2-4(7)8/h8-10H,2-7H2,1H3;1-2H,(H,5,6)(H,7,8)/b;2-1-. The first kappa shape index (κ1) is 19.9. The number of aliphatic carboxylic acids is 2. The van der Waals surface area contributed by atoms with E-state index < -0.39 is 11.9 Å². The summed E-state index contributed by atoms with van der Waals surface area (Å²) >= 11 is 0. The van der Waals surface area contributed by atoms with Crippen molar-refractivity contribution < 1.29 is 34.8 Å². The number of carboxylic acids is 2. The number of aliphatic hydroxyl groups is 2. The van der Waals surface area contributed by atoms with Crippen LogP contribution < -0.4 is 0 Å². The minimum absolute atomic E-state index is 0.0283. The molecule has 4 N–H and O–H groups in total. The van der Waals surface area contributed by atoms with Crippen LogP contribution in [-0.4, -0.2) is 58.3 Å². The van der Waals surface area contributed by atoms with Crippen molar-refractivity contribution in [1.29, 1.82) is 0 Å². The summed E-state index contributed by atoms with van der Waals surface area (Å²) in [4.78, 5) is 19.1. The van der Waals surface area contributed by atoms with Crippen molar-refractivity contribution >= 4 is 11.9 Å². The summed E-state index contributed by atoms with van der Waals surface area (Å²) in [5.41, 5.74) is 0. The van der Waals surface area contributed by atoms with Gasteiger partial charge < -0.3 is 25.2 Å². The van der Waals surface area contributed by atoms with Gasteiger partial charge in [0, 0.05) is 12.2 Å². The van der Waals surface area contributed by atoms with E-state index in [0.717, 1.165) is 19.3 Å². The highest BCUT2D eigenvalue weighted by molar-refractivity contribution is 5.89. The SMILES string of the molecule is CCCCC(O)COCCO.O=C(O)/C=C\C(=O)O. The lowest BCUT2D eigenvalue weighted by Crippen LogP contribution is -2.16. The fourth-order valence-electron chi connectivity index (χ4n) is 0.950. The molecule has 0 aromatic heterocycles. The number of aliphatic hydroxyl groups excluding tert-OH is 2. The fourth-order valence-corrected chi connectivity index (χ4v) is 0.950. The minimum atomic E-state index is -1.26. The number of hydrogen-bond donors (Lipinski definition) is 4. The Morgan fingerprint density at radius 1 is 1.21 bits per heavy atom. The van der Waals surface area contributed by atoms with Crippen molar-refractivity contribution in [3.63, 3.8) is 0 Å². The first-order valence-corrected chi connectivity index (χ1v) is 5.94. The van der Waals surface area contributed by atoms with Crippen LogP contribution in [0.1, 0.15) is 26.2 Å². The van der Waals surface area contributed by atoms with E-state index in [2.05, 4.69) is 6.92 Å². The summed E-state index contributed by atoms with van der Waals surface area (Å²) < 4.78 is 4.94. The lowest BCUT2D eigenvalue weighted by atomic mass is 10.2. The molecule has 0 saturated carbocycles. The lowest BCUT2D eigenvalue weighted by Gasteiger charge is -2.09. The zero-order valence-corrected chi connectivity index (χ0v) is 11.0. The fraction of sp³-hybridized carbons (Fsp3) is 0.667. The van der Waals surface area contributed by atoms with E-state index >= 15 is 0 Å². The molecule has 19 heavy (non-hydrogen) atoms. The van der Waals surface area contributed by atoms with Crippen molar-refractivity contribution in [2.75, 3.05) is 19.8 Å². The Balaban J connectivity index is 0. The highest BCUT2D eigenvalue weighted by Gasteiger charge is 2.01. The van der Waals surface area contributed by atoms with E-state index in [1.165, 1.54) is 0 Å². The summed E-state index contributed by atoms with van der Waals surface area (Å²) in [5.74, 6) is -2.51. The predicted molar refractivity (Wildman–Crippen MR) is 67.8 cm³/mol. The Kier molecular flexibility index (Phi) is 15.3. The van der Waals surface area contributed by atoms with Gasteiger partial charge in [-0.25, -0.2) is 9.59 Å². The Bertz CT molecular complexity index is 247. The van der Waals surface area contributed by atoms with Gasteiger partial charge in [-0.15, -0.1) is 0 Å². The number of rotatable bonds is 9. The van der Waals surface area contributed by atoms with Gasteiger partial charge in [-0.3, -0.25) is 0 Å². The second kappa shape index (κ2) is 14.6. The summed E-state index contributed by atoms with van der Waals surface area (Å²) in [6, 6.07) is 0. The largest absolute Gasteiger partial charge is 0.478 e. The molecule has 1 atom stereocenters. The van der Waals surface area contributed by atoms with E-state index in [1.807, 2.05) is 0 Å². The van der Waals surface area contributed by atoms with Crippen LogP contribution in [0.3, 0.4) is 0 Å². The van der Waals surface area contributed by atoms with Crippen LogP contribution >= 0.6 is 0 Å². The summed E-state index contributed by atoms with van der Waals surface area (Å²) in [7, 11) is 0. The van der Waals surface area contributed by atoms with E-state index in [9.17, 15) is 14.7 Å². The maximum atomic E-state index is 9.55. The molecular weight excluding hydrogens is 256 g/mol. The summed E-state index contributed by atoms with van der Waals surface area (Å²) in [5, 5.41) is 33.2. The molecule has 0 bridgehead atoms. The molecule has 0 rings (SSSR count). The Morgan fingerprint density at radius 3 is 2.11 bits per heavy atom. The zero-order valence-electron chi connectivity index (χ0n) is 11.0. The van der Waals surface area contributed by atoms with Gasteiger partial charge in [0.2, 0.25) is 0 Å². The molecule has 0 heterocycles. The maximum absolute atomic E-state index is 9.55. The van der Waals surface area contributed by atoms with Crippen LogP contribution in [0.25, 0.3) is 0 Å². The third-order valence-electron chi connectivity index (χ3n) is 1.81. The van der Waals surface area contributed by atoms with Gasteiger partial charge in [0.15, 0.2) is 0 Å². The number of ether oxygens (including phenoxy) is 1. The molecule has 0 saturated heterocycles. The molecule has 7 nitrogen and oxygen atoms in total. The van der Waals surface area contributed by atoms with Crippen molar-refractivity contribution in [3.8, 4) is 0 Å². The summed E-state index contributed by atoms with van der Waals surface area (Å²) in [6.07, 6.45) is 3.68. The number of carboxylic acid groups (broad SMARTS) is 2. The predicted octanol–water partition coefficient (Wildman–Crippen LogP) is 0.258. The topological polar surface area (TPSA) is 124 Å². The van der Waals surface area contributed by atoms with Crippen molar-refractivity contribution in [3.05, 3.63) is 12.2 Å². The van der Waals surface area contributed by atoms with Gasteiger partial charge in [0.1, 0.15) is 0 Å². The van der Waals surface area contributed by atoms with Gasteiger partial charge in [0.25, 0.3) is 0 Å². The second-order valence-corrected chi connectivity index (χ2v) is 3.60. The minimum Gasteiger partial charge on any atom is -0.478 e. The highest BCUT2D eigenvalue weighted by Crippen LogP contribution is 2.00. The third-order valence-corrected chi connectivity index (χ3v) is 1.81. The van der Waals surface area contributed by atoms with Crippen LogP contribution in [0.4, 0.5) is 0 Å². The monoisotopic (exact) mass is 278 g/mol.